The molecule has 3 rings (SSSR count). The highest BCUT2D eigenvalue weighted by Crippen LogP contribution is 2.28. The van der Waals surface area contributed by atoms with Crippen LogP contribution in [0.15, 0.2) is 29.3 Å². The zero-order chi connectivity index (χ0) is 17.5. The van der Waals surface area contributed by atoms with E-state index in [1.165, 1.54) is 30.4 Å². The van der Waals surface area contributed by atoms with Gasteiger partial charge in [-0.05, 0) is 50.0 Å². The molecule has 2 atom stereocenters. The number of thioether (sulfide) groups is 1. The first-order chi connectivity index (χ1) is 12.3. The Morgan fingerprint density at radius 2 is 2.08 bits per heavy atom. The third-order valence-electron chi connectivity index (χ3n) is 5.30. The van der Waals surface area contributed by atoms with Crippen LogP contribution in [0.2, 0.25) is 0 Å². The molecular formula is C20H33IN4S. The number of benzene rings is 1. The van der Waals surface area contributed by atoms with Crippen molar-refractivity contribution in [1.29, 1.82) is 0 Å². The predicted molar refractivity (Wildman–Crippen MR) is 125 cm³/mol. The molecule has 0 amide bonds. The number of hydrogen-bond acceptors (Lipinski definition) is 3. The topological polar surface area (TPSA) is 39.7 Å². The molecule has 146 valence electrons. The SMILES string of the molecule is CCNC(=NCCN1CCc2ccccc2C1)NC1CCC(SC)C1.I. The molecule has 0 bridgehead atoms. The molecule has 4 nitrogen and oxygen atoms in total. The van der Waals surface area contributed by atoms with Gasteiger partial charge < -0.3 is 10.6 Å². The molecule has 2 N–H and O–H groups in total. The summed E-state index contributed by atoms with van der Waals surface area (Å²) in [5.74, 6) is 0.992. The summed E-state index contributed by atoms with van der Waals surface area (Å²) in [6.45, 7) is 7.15. The molecule has 6 heteroatoms. The van der Waals surface area contributed by atoms with Crippen LogP contribution in [0.25, 0.3) is 0 Å². The van der Waals surface area contributed by atoms with Crippen molar-refractivity contribution < 1.29 is 0 Å². The molecule has 1 saturated carbocycles. The summed E-state index contributed by atoms with van der Waals surface area (Å²) >= 11 is 2.00. The van der Waals surface area contributed by atoms with Crippen molar-refractivity contribution >= 4 is 41.7 Å². The van der Waals surface area contributed by atoms with Crippen LogP contribution in [0.4, 0.5) is 0 Å². The minimum Gasteiger partial charge on any atom is -0.357 e. The first-order valence-electron chi connectivity index (χ1n) is 9.65. The van der Waals surface area contributed by atoms with E-state index >= 15 is 0 Å². The summed E-state index contributed by atoms with van der Waals surface area (Å²) in [7, 11) is 0. The maximum Gasteiger partial charge on any atom is 0.191 e. The summed E-state index contributed by atoms with van der Waals surface area (Å²) in [6, 6.07) is 9.41. The van der Waals surface area contributed by atoms with Gasteiger partial charge in [0.25, 0.3) is 0 Å². The average molecular weight is 488 g/mol. The van der Waals surface area contributed by atoms with E-state index in [9.17, 15) is 0 Å². The zero-order valence-electron chi connectivity index (χ0n) is 16.0. The minimum atomic E-state index is 0. The number of fused-ring (bicyclic) bond motifs is 1. The van der Waals surface area contributed by atoms with Gasteiger partial charge in [-0.25, -0.2) is 0 Å². The number of nitrogens with one attached hydrogen (secondary N) is 2. The summed E-state index contributed by atoms with van der Waals surface area (Å²) in [4.78, 5) is 7.35. The van der Waals surface area contributed by atoms with E-state index in [2.05, 4.69) is 53.0 Å². The Balaban J connectivity index is 0.00000243. The molecule has 1 aliphatic heterocycles. The van der Waals surface area contributed by atoms with Gasteiger partial charge in [-0.2, -0.15) is 11.8 Å². The highest BCUT2D eigenvalue weighted by Gasteiger charge is 2.24. The standard InChI is InChI=1S/C20H32N4S.HI/c1-3-21-20(23-18-8-9-19(14-18)25-2)22-11-13-24-12-10-16-6-4-5-7-17(16)15-24;/h4-7,18-19H,3,8-15H2,1-2H3,(H2,21,22,23);1H. The average Bonchev–Trinajstić information content (AvgIpc) is 3.09. The minimum absolute atomic E-state index is 0. The van der Waals surface area contributed by atoms with E-state index in [1.54, 1.807) is 0 Å². The Morgan fingerprint density at radius 1 is 1.27 bits per heavy atom. The van der Waals surface area contributed by atoms with E-state index in [-0.39, 0.29) is 24.0 Å². The fraction of sp³-hybridized carbons (Fsp3) is 0.650. The molecule has 0 aromatic heterocycles. The summed E-state index contributed by atoms with van der Waals surface area (Å²) in [5, 5.41) is 7.86. The molecule has 0 spiro atoms. The van der Waals surface area contributed by atoms with Crippen molar-refractivity contribution in [2.24, 2.45) is 4.99 Å². The van der Waals surface area contributed by atoms with Gasteiger partial charge >= 0.3 is 0 Å². The second kappa shape index (κ2) is 11.4. The maximum atomic E-state index is 4.82. The first kappa shape index (κ1) is 21.8. The third-order valence-corrected chi connectivity index (χ3v) is 6.39. The molecule has 2 unspecified atom stereocenters. The fourth-order valence-electron chi connectivity index (χ4n) is 3.85. The Bertz CT molecular complexity index is 581. The highest BCUT2D eigenvalue weighted by molar-refractivity contribution is 14.0. The summed E-state index contributed by atoms with van der Waals surface area (Å²) in [5.41, 5.74) is 3.00. The van der Waals surface area contributed by atoms with Crippen LogP contribution in [0.3, 0.4) is 0 Å². The van der Waals surface area contributed by atoms with Gasteiger partial charge in [-0.15, -0.1) is 24.0 Å². The van der Waals surface area contributed by atoms with E-state index in [0.29, 0.717) is 6.04 Å². The maximum absolute atomic E-state index is 4.82. The Kier molecular flexibility index (Phi) is 9.56. The van der Waals surface area contributed by atoms with Gasteiger partial charge in [-0.3, -0.25) is 9.89 Å². The van der Waals surface area contributed by atoms with Gasteiger partial charge in [0.1, 0.15) is 0 Å². The lowest BCUT2D eigenvalue weighted by Crippen LogP contribution is -2.43. The number of guanidine groups is 1. The van der Waals surface area contributed by atoms with Gasteiger partial charge in [0, 0.05) is 37.5 Å². The van der Waals surface area contributed by atoms with Crippen molar-refractivity contribution in [3.63, 3.8) is 0 Å². The van der Waals surface area contributed by atoms with E-state index in [0.717, 1.165) is 50.4 Å². The second-order valence-electron chi connectivity index (χ2n) is 7.07. The van der Waals surface area contributed by atoms with Crippen molar-refractivity contribution in [3.05, 3.63) is 35.4 Å². The largest absolute Gasteiger partial charge is 0.357 e. The normalized spacial score (nSPS) is 23.2. The van der Waals surface area contributed by atoms with Crippen LogP contribution in [-0.4, -0.2) is 54.6 Å². The lowest BCUT2D eigenvalue weighted by Gasteiger charge is -2.28. The molecule has 2 aliphatic rings. The number of hydrogen-bond donors (Lipinski definition) is 2. The molecule has 1 aromatic rings. The van der Waals surface area contributed by atoms with Gasteiger partial charge in [-0.1, -0.05) is 24.3 Å². The van der Waals surface area contributed by atoms with E-state index in [1.807, 2.05) is 11.8 Å². The zero-order valence-corrected chi connectivity index (χ0v) is 19.2. The van der Waals surface area contributed by atoms with Crippen LogP contribution in [0, 0.1) is 0 Å². The van der Waals surface area contributed by atoms with Crippen molar-refractivity contribution in [3.8, 4) is 0 Å². The lowest BCUT2D eigenvalue weighted by atomic mass is 10.0. The molecule has 1 aromatic carbocycles. The number of aliphatic imine (C=N–C) groups is 1. The quantitative estimate of drug-likeness (QED) is 0.366. The first-order valence-corrected chi connectivity index (χ1v) is 10.9. The van der Waals surface area contributed by atoms with Gasteiger partial charge in [0.15, 0.2) is 5.96 Å². The smallest absolute Gasteiger partial charge is 0.191 e. The highest BCUT2D eigenvalue weighted by atomic mass is 127. The molecule has 26 heavy (non-hydrogen) atoms. The van der Waals surface area contributed by atoms with Crippen LogP contribution < -0.4 is 10.6 Å². The van der Waals surface area contributed by atoms with Crippen LogP contribution >= 0.6 is 35.7 Å². The summed E-state index contributed by atoms with van der Waals surface area (Å²) in [6.07, 6.45) is 7.23. The van der Waals surface area contributed by atoms with Crippen molar-refractivity contribution in [1.82, 2.24) is 15.5 Å². The van der Waals surface area contributed by atoms with Crippen LogP contribution in [0.1, 0.15) is 37.3 Å². The Labute approximate surface area is 180 Å². The fourth-order valence-corrected chi connectivity index (χ4v) is 4.64. The molecule has 1 aliphatic carbocycles. The third kappa shape index (κ3) is 6.30. The van der Waals surface area contributed by atoms with Crippen LogP contribution in [-0.2, 0) is 13.0 Å². The Morgan fingerprint density at radius 3 is 2.81 bits per heavy atom. The number of rotatable bonds is 6. The molecule has 1 heterocycles. The van der Waals surface area contributed by atoms with Crippen LogP contribution in [0.5, 0.6) is 0 Å². The lowest BCUT2D eigenvalue weighted by molar-refractivity contribution is 0.261. The van der Waals surface area contributed by atoms with E-state index in [4.69, 9.17) is 4.99 Å². The van der Waals surface area contributed by atoms with Crippen molar-refractivity contribution in [2.45, 2.75) is 50.4 Å². The van der Waals surface area contributed by atoms with Gasteiger partial charge in [0.2, 0.25) is 0 Å². The monoisotopic (exact) mass is 488 g/mol. The van der Waals surface area contributed by atoms with Gasteiger partial charge in [0.05, 0.1) is 6.54 Å². The molecule has 0 radical (unpaired) electrons. The van der Waals surface area contributed by atoms with Crippen molar-refractivity contribution in [2.75, 3.05) is 32.4 Å². The molecule has 0 saturated heterocycles. The second-order valence-corrected chi connectivity index (χ2v) is 8.21. The summed E-state index contributed by atoms with van der Waals surface area (Å²) < 4.78 is 0. The molecule has 1 fully saturated rings. The number of halogens is 1. The molecular weight excluding hydrogens is 455 g/mol. The predicted octanol–water partition coefficient (Wildman–Crippen LogP) is 3.50. The Hall–Kier alpha value is -0.470. The van der Waals surface area contributed by atoms with E-state index < -0.39 is 0 Å². The number of nitrogens with zero attached hydrogens (tertiary/aromatic N) is 2.